The zero-order valence-electron chi connectivity index (χ0n) is 13.6. The number of nitrogens with zero attached hydrogens (tertiary/aromatic N) is 1. The van der Waals surface area contributed by atoms with Gasteiger partial charge in [0.1, 0.15) is 5.75 Å². The second-order valence-corrected chi connectivity index (χ2v) is 6.62. The maximum Gasteiger partial charge on any atom is 0.225 e. The largest absolute Gasteiger partial charge is 0.495 e. The first-order chi connectivity index (χ1) is 10.5. The van der Waals surface area contributed by atoms with Gasteiger partial charge in [-0.15, -0.1) is 12.4 Å². The molecule has 0 aromatic heterocycles. The highest BCUT2D eigenvalue weighted by molar-refractivity contribution is 6.31. The summed E-state index contributed by atoms with van der Waals surface area (Å²) in [6.07, 6.45) is 1.53. The molecule has 1 aliphatic rings. The van der Waals surface area contributed by atoms with Crippen LogP contribution in [0.15, 0.2) is 18.2 Å². The minimum absolute atomic E-state index is 0. The van der Waals surface area contributed by atoms with Crippen LogP contribution >= 0.6 is 24.0 Å². The van der Waals surface area contributed by atoms with Gasteiger partial charge in [0.15, 0.2) is 0 Å². The Morgan fingerprint density at radius 2 is 2.26 bits per heavy atom. The van der Waals surface area contributed by atoms with Crippen LogP contribution in [-0.4, -0.2) is 44.1 Å². The Labute approximate surface area is 148 Å². The lowest BCUT2D eigenvalue weighted by Gasteiger charge is -2.22. The van der Waals surface area contributed by atoms with Gasteiger partial charge in [-0.2, -0.15) is 0 Å². The molecule has 1 unspecified atom stereocenters. The number of amides is 1. The highest BCUT2D eigenvalue weighted by Crippen LogP contribution is 2.29. The van der Waals surface area contributed by atoms with Gasteiger partial charge in [-0.3, -0.25) is 4.79 Å². The quantitative estimate of drug-likeness (QED) is 0.817. The normalized spacial score (nSPS) is 20.9. The Balaban J connectivity index is 0.00000264. The summed E-state index contributed by atoms with van der Waals surface area (Å²) in [5.41, 5.74) is 6.59. The molecule has 3 N–H and O–H groups in total. The predicted molar refractivity (Wildman–Crippen MR) is 96.7 cm³/mol. The number of benzene rings is 1. The third kappa shape index (κ3) is 5.53. The van der Waals surface area contributed by atoms with E-state index in [1.54, 1.807) is 25.3 Å². The van der Waals surface area contributed by atoms with Crippen LogP contribution < -0.4 is 15.8 Å². The van der Waals surface area contributed by atoms with E-state index < -0.39 is 0 Å². The van der Waals surface area contributed by atoms with Crippen molar-refractivity contribution in [3.8, 4) is 5.75 Å². The lowest BCUT2D eigenvalue weighted by molar-refractivity contribution is -0.116. The third-order valence-electron chi connectivity index (χ3n) is 4.22. The molecule has 2 rings (SSSR count). The molecule has 1 aliphatic heterocycles. The van der Waals surface area contributed by atoms with E-state index in [9.17, 15) is 4.79 Å². The number of hydrogen-bond acceptors (Lipinski definition) is 4. The molecule has 1 aromatic rings. The van der Waals surface area contributed by atoms with Crippen LogP contribution in [0.4, 0.5) is 5.69 Å². The number of ether oxygens (including phenoxy) is 1. The van der Waals surface area contributed by atoms with Crippen LogP contribution in [0.3, 0.4) is 0 Å². The standard InChI is InChI=1S/C16H24ClN3O2.ClH/c1-16(10-18)6-8-20(11-16)7-5-15(21)19-13-9-12(17)3-4-14(13)22-2;/h3-4,9H,5-8,10-11,18H2,1-2H3,(H,19,21);1H. The van der Waals surface area contributed by atoms with Gasteiger partial charge < -0.3 is 20.7 Å². The summed E-state index contributed by atoms with van der Waals surface area (Å²) < 4.78 is 5.22. The molecule has 0 bridgehead atoms. The van der Waals surface area contributed by atoms with Gasteiger partial charge in [0.2, 0.25) is 5.91 Å². The van der Waals surface area contributed by atoms with E-state index in [-0.39, 0.29) is 23.7 Å². The molecular weight excluding hydrogens is 337 g/mol. The number of carbonyl (C=O) groups excluding carboxylic acids is 1. The van der Waals surface area contributed by atoms with Crippen molar-refractivity contribution in [3.05, 3.63) is 23.2 Å². The molecule has 1 saturated heterocycles. The van der Waals surface area contributed by atoms with Gasteiger partial charge in [-0.25, -0.2) is 0 Å². The van der Waals surface area contributed by atoms with Crippen LogP contribution in [0.25, 0.3) is 0 Å². The Hall–Kier alpha value is -1.01. The van der Waals surface area contributed by atoms with Gasteiger partial charge in [0.25, 0.3) is 0 Å². The van der Waals surface area contributed by atoms with E-state index >= 15 is 0 Å². The molecule has 0 saturated carbocycles. The molecule has 1 aromatic carbocycles. The SMILES string of the molecule is COc1ccc(Cl)cc1NC(=O)CCN1CCC(C)(CN)C1.Cl. The minimum Gasteiger partial charge on any atom is -0.495 e. The third-order valence-corrected chi connectivity index (χ3v) is 4.46. The fraction of sp³-hybridized carbons (Fsp3) is 0.562. The zero-order valence-corrected chi connectivity index (χ0v) is 15.2. The van der Waals surface area contributed by atoms with Crippen molar-refractivity contribution in [1.82, 2.24) is 4.90 Å². The number of methoxy groups -OCH3 is 1. The fourth-order valence-electron chi connectivity index (χ4n) is 2.73. The number of hydrogen-bond donors (Lipinski definition) is 2. The molecule has 1 fully saturated rings. The molecule has 0 aliphatic carbocycles. The van der Waals surface area contributed by atoms with Crippen molar-refractivity contribution in [2.75, 3.05) is 38.6 Å². The highest BCUT2D eigenvalue weighted by atomic mass is 35.5. The van der Waals surface area contributed by atoms with Crippen molar-refractivity contribution in [2.24, 2.45) is 11.1 Å². The lowest BCUT2D eigenvalue weighted by Crippen LogP contribution is -2.32. The van der Waals surface area contributed by atoms with Gasteiger partial charge in [-0.05, 0) is 43.1 Å². The molecule has 1 amide bonds. The van der Waals surface area contributed by atoms with Crippen molar-refractivity contribution < 1.29 is 9.53 Å². The minimum atomic E-state index is -0.0399. The summed E-state index contributed by atoms with van der Waals surface area (Å²) in [4.78, 5) is 14.4. The summed E-state index contributed by atoms with van der Waals surface area (Å²) in [5.74, 6) is 0.566. The van der Waals surface area contributed by atoms with E-state index in [1.807, 2.05) is 0 Å². The molecule has 130 valence electrons. The molecular formula is C16H25Cl2N3O2. The Bertz CT molecular complexity index is 542. The number of anilines is 1. The molecule has 5 nitrogen and oxygen atoms in total. The van der Waals surface area contributed by atoms with Crippen LogP contribution in [0.2, 0.25) is 5.02 Å². The molecule has 0 spiro atoms. The van der Waals surface area contributed by atoms with E-state index in [0.29, 0.717) is 29.4 Å². The number of nitrogens with one attached hydrogen (secondary N) is 1. The molecule has 0 radical (unpaired) electrons. The predicted octanol–water partition coefficient (Wildman–Crippen LogP) is 2.77. The molecule has 23 heavy (non-hydrogen) atoms. The second-order valence-electron chi connectivity index (χ2n) is 6.18. The first-order valence-corrected chi connectivity index (χ1v) is 7.89. The van der Waals surface area contributed by atoms with Crippen LogP contribution in [0.5, 0.6) is 5.75 Å². The molecule has 1 heterocycles. The summed E-state index contributed by atoms with van der Waals surface area (Å²) in [6, 6.07) is 5.17. The Morgan fingerprint density at radius 3 is 2.87 bits per heavy atom. The summed E-state index contributed by atoms with van der Waals surface area (Å²) >= 11 is 5.96. The fourth-order valence-corrected chi connectivity index (χ4v) is 2.91. The van der Waals surface area contributed by atoms with Crippen LogP contribution in [-0.2, 0) is 4.79 Å². The van der Waals surface area contributed by atoms with E-state index in [4.69, 9.17) is 22.1 Å². The first-order valence-electron chi connectivity index (χ1n) is 7.51. The smallest absolute Gasteiger partial charge is 0.225 e. The molecule has 1 atom stereocenters. The number of rotatable bonds is 6. The van der Waals surface area contributed by atoms with Gasteiger partial charge >= 0.3 is 0 Å². The van der Waals surface area contributed by atoms with Crippen molar-refractivity contribution in [1.29, 1.82) is 0 Å². The van der Waals surface area contributed by atoms with Crippen LogP contribution in [0.1, 0.15) is 19.8 Å². The second kappa shape index (κ2) is 8.73. The van der Waals surface area contributed by atoms with E-state index in [2.05, 4.69) is 17.1 Å². The van der Waals surface area contributed by atoms with Crippen LogP contribution in [0, 0.1) is 5.41 Å². The maximum atomic E-state index is 12.1. The summed E-state index contributed by atoms with van der Waals surface area (Å²) in [7, 11) is 1.57. The number of carbonyl (C=O) groups is 1. The lowest BCUT2D eigenvalue weighted by atomic mass is 9.90. The Morgan fingerprint density at radius 1 is 1.52 bits per heavy atom. The number of halogens is 2. The van der Waals surface area contributed by atoms with Crippen molar-refractivity contribution in [2.45, 2.75) is 19.8 Å². The van der Waals surface area contributed by atoms with Crippen molar-refractivity contribution >= 4 is 35.6 Å². The Kier molecular flexibility index (Phi) is 7.61. The maximum absolute atomic E-state index is 12.1. The average molecular weight is 362 g/mol. The van der Waals surface area contributed by atoms with Gasteiger partial charge in [0, 0.05) is 24.5 Å². The summed E-state index contributed by atoms with van der Waals surface area (Å²) in [5, 5.41) is 3.43. The van der Waals surface area contributed by atoms with Gasteiger partial charge in [0.05, 0.1) is 12.8 Å². The topological polar surface area (TPSA) is 67.6 Å². The van der Waals surface area contributed by atoms with E-state index in [0.717, 1.165) is 26.1 Å². The monoisotopic (exact) mass is 361 g/mol. The first kappa shape index (κ1) is 20.0. The number of nitrogens with two attached hydrogens (primary N) is 1. The zero-order chi connectivity index (χ0) is 16.2. The van der Waals surface area contributed by atoms with Gasteiger partial charge in [-0.1, -0.05) is 18.5 Å². The average Bonchev–Trinajstić information content (AvgIpc) is 2.88. The number of likely N-dealkylation sites (tertiary alicyclic amines) is 1. The summed E-state index contributed by atoms with van der Waals surface area (Å²) in [6.45, 7) is 5.59. The highest BCUT2D eigenvalue weighted by Gasteiger charge is 2.32. The van der Waals surface area contributed by atoms with E-state index in [1.165, 1.54) is 0 Å². The molecule has 7 heteroatoms. The van der Waals surface area contributed by atoms with Crippen molar-refractivity contribution in [3.63, 3.8) is 0 Å².